The summed E-state index contributed by atoms with van der Waals surface area (Å²) in [6, 6.07) is 31.3. The Balaban J connectivity index is 1.61. The summed E-state index contributed by atoms with van der Waals surface area (Å²) in [5.41, 5.74) is 5.24. The number of hydrogen-bond acceptors (Lipinski definition) is 1. The van der Waals surface area contributed by atoms with E-state index in [-0.39, 0.29) is 0 Å². The van der Waals surface area contributed by atoms with Crippen LogP contribution in [0.15, 0.2) is 103 Å². The highest BCUT2D eigenvalue weighted by Gasteiger charge is 2.02. The molecule has 0 aliphatic rings. The SMILES string of the molecule is [2H]C([2H])(c1ccc(-c2ccccc2)cc1)c1ccc(-c2ccccc2)nc1. The van der Waals surface area contributed by atoms with Gasteiger partial charge in [-0.1, -0.05) is 91.0 Å². The minimum atomic E-state index is -1.60. The molecule has 120 valence electrons. The van der Waals surface area contributed by atoms with Gasteiger partial charge in [0.1, 0.15) is 0 Å². The van der Waals surface area contributed by atoms with Gasteiger partial charge in [-0.15, -0.1) is 0 Å². The minimum Gasteiger partial charge on any atom is -0.256 e. The molecule has 0 unspecified atom stereocenters. The molecule has 1 aromatic heterocycles. The third-order valence-electron chi connectivity index (χ3n) is 4.11. The van der Waals surface area contributed by atoms with Crippen molar-refractivity contribution >= 4 is 0 Å². The zero-order chi connectivity index (χ0) is 18.7. The maximum Gasteiger partial charge on any atom is 0.0702 e. The van der Waals surface area contributed by atoms with E-state index in [1.54, 1.807) is 6.20 Å². The van der Waals surface area contributed by atoms with Gasteiger partial charge in [-0.25, -0.2) is 0 Å². The molecule has 0 radical (unpaired) electrons. The van der Waals surface area contributed by atoms with Gasteiger partial charge in [-0.05, 0) is 34.7 Å². The lowest BCUT2D eigenvalue weighted by molar-refractivity contribution is 1.15. The van der Waals surface area contributed by atoms with Crippen molar-refractivity contribution in [2.75, 3.05) is 0 Å². The van der Waals surface area contributed by atoms with Gasteiger partial charge in [0.2, 0.25) is 0 Å². The molecule has 1 nitrogen and oxygen atoms in total. The smallest absolute Gasteiger partial charge is 0.0702 e. The van der Waals surface area contributed by atoms with Gasteiger partial charge in [0, 0.05) is 14.5 Å². The van der Waals surface area contributed by atoms with Crippen molar-refractivity contribution in [3.63, 3.8) is 0 Å². The van der Waals surface area contributed by atoms with Gasteiger partial charge in [0.25, 0.3) is 0 Å². The van der Waals surface area contributed by atoms with E-state index in [1.807, 2.05) is 84.9 Å². The van der Waals surface area contributed by atoms with Crippen LogP contribution >= 0.6 is 0 Å². The van der Waals surface area contributed by atoms with Gasteiger partial charge in [-0.2, -0.15) is 0 Å². The molecule has 0 amide bonds. The third kappa shape index (κ3) is 3.67. The molecule has 0 aliphatic heterocycles. The standard InChI is InChI=1S/C24H19N/c1-3-7-21(8-4-1)22-14-11-19(12-15-22)17-20-13-16-24(25-18-20)23-9-5-2-6-10-23/h1-16,18H,17H2/i17D2. The molecule has 0 spiro atoms. The fourth-order valence-corrected chi connectivity index (χ4v) is 2.79. The Morgan fingerprint density at radius 1 is 0.560 bits per heavy atom. The lowest BCUT2D eigenvalue weighted by atomic mass is 10.0. The van der Waals surface area contributed by atoms with Crippen molar-refractivity contribution in [1.82, 2.24) is 4.98 Å². The quantitative estimate of drug-likeness (QED) is 0.448. The van der Waals surface area contributed by atoms with Crippen molar-refractivity contribution in [1.29, 1.82) is 0 Å². The molecular formula is C24H19N. The summed E-state index contributed by atoms with van der Waals surface area (Å²) in [4.78, 5) is 4.47. The van der Waals surface area contributed by atoms with Crippen molar-refractivity contribution in [2.45, 2.75) is 6.37 Å². The van der Waals surface area contributed by atoms with Gasteiger partial charge in [0.15, 0.2) is 0 Å². The van der Waals surface area contributed by atoms with E-state index in [9.17, 15) is 0 Å². The molecular weight excluding hydrogens is 302 g/mol. The normalized spacial score (nSPS) is 12.3. The van der Waals surface area contributed by atoms with Crippen LogP contribution in [0.4, 0.5) is 0 Å². The maximum absolute atomic E-state index is 8.59. The number of aromatic nitrogens is 1. The van der Waals surface area contributed by atoms with Crippen LogP contribution in [-0.4, -0.2) is 4.98 Å². The van der Waals surface area contributed by atoms with Crippen LogP contribution in [0.2, 0.25) is 0 Å². The molecule has 3 aromatic carbocycles. The molecule has 0 N–H and O–H groups in total. The Morgan fingerprint density at radius 2 is 1.12 bits per heavy atom. The number of benzene rings is 3. The number of nitrogens with zero attached hydrogens (tertiary/aromatic N) is 1. The monoisotopic (exact) mass is 323 g/mol. The van der Waals surface area contributed by atoms with Crippen LogP contribution in [0.5, 0.6) is 0 Å². The van der Waals surface area contributed by atoms with E-state index in [2.05, 4.69) is 17.1 Å². The predicted octanol–water partition coefficient (Wildman–Crippen LogP) is 6.01. The van der Waals surface area contributed by atoms with Crippen LogP contribution in [0.3, 0.4) is 0 Å². The van der Waals surface area contributed by atoms with Crippen LogP contribution in [-0.2, 0) is 6.37 Å². The highest BCUT2D eigenvalue weighted by Crippen LogP contribution is 2.21. The number of pyridine rings is 1. The Morgan fingerprint density at radius 3 is 1.72 bits per heavy atom. The fourth-order valence-electron chi connectivity index (χ4n) is 2.79. The van der Waals surface area contributed by atoms with Gasteiger partial charge in [-0.3, -0.25) is 4.98 Å². The van der Waals surface area contributed by atoms with Crippen molar-refractivity contribution in [3.05, 3.63) is 114 Å². The molecule has 1 heteroatoms. The first kappa shape index (κ1) is 13.1. The van der Waals surface area contributed by atoms with E-state index < -0.39 is 6.37 Å². The van der Waals surface area contributed by atoms with E-state index in [4.69, 9.17) is 2.74 Å². The van der Waals surface area contributed by atoms with E-state index in [0.29, 0.717) is 11.1 Å². The molecule has 0 saturated heterocycles. The lowest BCUT2D eigenvalue weighted by Gasteiger charge is -2.06. The van der Waals surface area contributed by atoms with Crippen molar-refractivity contribution < 1.29 is 2.74 Å². The van der Waals surface area contributed by atoms with Crippen LogP contribution in [0.25, 0.3) is 22.4 Å². The summed E-state index contributed by atoms with van der Waals surface area (Å²) in [6.07, 6.45) is 0.0326. The van der Waals surface area contributed by atoms with E-state index >= 15 is 0 Å². The maximum atomic E-state index is 8.59. The Hall–Kier alpha value is -3.19. The van der Waals surface area contributed by atoms with Crippen LogP contribution in [0, 0.1) is 0 Å². The highest BCUT2D eigenvalue weighted by molar-refractivity contribution is 5.63. The van der Waals surface area contributed by atoms with Crippen LogP contribution < -0.4 is 0 Å². The average molecular weight is 323 g/mol. The fraction of sp³-hybridized carbons (Fsp3) is 0.0417. The second-order valence-corrected chi connectivity index (χ2v) is 5.87. The first-order chi connectivity index (χ1) is 13.1. The lowest BCUT2D eigenvalue weighted by Crippen LogP contribution is -1.91. The summed E-state index contributed by atoms with van der Waals surface area (Å²) in [7, 11) is 0. The molecule has 0 fully saturated rings. The molecule has 0 aliphatic carbocycles. The molecule has 25 heavy (non-hydrogen) atoms. The Kier molecular flexibility index (Phi) is 3.76. The van der Waals surface area contributed by atoms with E-state index in [0.717, 1.165) is 22.4 Å². The zero-order valence-corrected chi connectivity index (χ0v) is 13.8. The summed E-state index contributed by atoms with van der Waals surface area (Å²) in [5, 5.41) is 0. The average Bonchev–Trinajstić information content (AvgIpc) is 2.75. The molecule has 0 saturated carbocycles. The topological polar surface area (TPSA) is 12.9 Å². The third-order valence-corrected chi connectivity index (χ3v) is 4.11. The van der Waals surface area contributed by atoms with Gasteiger partial charge >= 0.3 is 0 Å². The predicted molar refractivity (Wildman–Crippen MR) is 104 cm³/mol. The number of hydrogen-bond donors (Lipinski definition) is 0. The minimum absolute atomic E-state index is 0.551. The Bertz CT molecular complexity index is 924. The van der Waals surface area contributed by atoms with Gasteiger partial charge < -0.3 is 0 Å². The molecule has 4 rings (SSSR count). The van der Waals surface area contributed by atoms with Crippen molar-refractivity contribution in [3.8, 4) is 22.4 Å². The second-order valence-electron chi connectivity index (χ2n) is 5.87. The number of rotatable bonds is 4. The van der Waals surface area contributed by atoms with Gasteiger partial charge in [0.05, 0.1) is 5.69 Å². The van der Waals surface area contributed by atoms with E-state index in [1.165, 1.54) is 0 Å². The summed E-state index contributed by atoms with van der Waals surface area (Å²) in [6.45, 7) is 0. The van der Waals surface area contributed by atoms with Crippen LogP contribution in [0.1, 0.15) is 13.9 Å². The summed E-state index contributed by atoms with van der Waals surface area (Å²) in [5.74, 6) is 0. The molecule has 0 bridgehead atoms. The highest BCUT2D eigenvalue weighted by atomic mass is 14.7. The molecule has 1 heterocycles. The second kappa shape index (κ2) is 7.14. The molecule has 4 aromatic rings. The summed E-state index contributed by atoms with van der Waals surface area (Å²) >= 11 is 0. The first-order valence-corrected chi connectivity index (χ1v) is 8.32. The Labute approximate surface area is 151 Å². The first-order valence-electron chi connectivity index (χ1n) is 9.32. The molecule has 0 atom stereocenters. The largest absolute Gasteiger partial charge is 0.256 e. The zero-order valence-electron chi connectivity index (χ0n) is 15.8. The van der Waals surface area contributed by atoms with Crippen molar-refractivity contribution in [2.24, 2.45) is 0 Å². The summed E-state index contributed by atoms with van der Waals surface area (Å²) < 4.78 is 17.2.